The highest BCUT2D eigenvalue weighted by Gasteiger charge is 2.13. The summed E-state index contributed by atoms with van der Waals surface area (Å²) in [6.07, 6.45) is 17.2. The highest BCUT2D eigenvalue weighted by atomic mass is 31.2. The number of hydrogen-bond donors (Lipinski definition) is 2. The zero-order valence-corrected chi connectivity index (χ0v) is 23.4. The van der Waals surface area contributed by atoms with E-state index in [0.29, 0.717) is 19.6 Å². The molecule has 0 aliphatic heterocycles. The fraction of sp³-hybridized carbons (Fsp3) is 0.548. The molecular weight excluding hydrogens is 483 g/mol. The number of allylic oxidation sites excluding steroid dienone is 1. The van der Waals surface area contributed by atoms with Gasteiger partial charge in [0.15, 0.2) is 0 Å². The van der Waals surface area contributed by atoms with Gasteiger partial charge >= 0.3 is 7.60 Å². The van der Waals surface area contributed by atoms with E-state index in [2.05, 4.69) is 18.7 Å². The van der Waals surface area contributed by atoms with Crippen molar-refractivity contribution < 1.29 is 23.8 Å². The summed E-state index contributed by atoms with van der Waals surface area (Å²) in [6, 6.07) is 16.4. The predicted octanol–water partition coefficient (Wildman–Crippen LogP) is 8.94. The molecule has 0 atom stereocenters. The molecule has 2 rings (SSSR count). The molecule has 0 unspecified atom stereocenters. The van der Waals surface area contributed by atoms with E-state index in [-0.39, 0.29) is 6.16 Å². The van der Waals surface area contributed by atoms with Crippen LogP contribution in [0.25, 0.3) is 11.1 Å². The lowest BCUT2D eigenvalue weighted by atomic mass is 10.0. The first-order valence-corrected chi connectivity index (χ1v) is 15.9. The van der Waals surface area contributed by atoms with Crippen molar-refractivity contribution in [3.8, 4) is 22.6 Å². The Hall–Kier alpha value is -2.07. The van der Waals surface area contributed by atoms with Crippen molar-refractivity contribution in [2.24, 2.45) is 0 Å². The standard InChI is InChI=1S/C31H47O5P/c1-2-3-4-5-8-11-17-25-35-29-23-20-24-30(31(29)28-21-15-14-16-22-28)36-26-18-12-9-6-7-10-13-19-27-37(32,33)34/h2,14-16,20-24H,1,3-13,17-19,25-27H2,(H2,32,33,34). The fourth-order valence-electron chi connectivity index (χ4n) is 4.41. The Morgan fingerprint density at radius 1 is 0.649 bits per heavy atom. The summed E-state index contributed by atoms with van der Waals surface area (Å²) in [5.74, 6) is 1.76. The van der Waals surface area contributed by atoms with Crippen molar-refractivity contribution in [3.63, 3.8) is 0 Å². The molecule has 0 aliphatic carbocycles. The van der Waals surface area contributed by atoms with Crippen molar-refractivity contribution in [1.82, 2.24) is 0 Å². The first-order valence-electron chi connectivity index (χ1n) is 14.1. The van der Waals surface area contributed by atoms with Gasteiger partial charge in [0.05, 0.1) is 18.8 Å². The van der Waals surface area contributed by atoms with Crippen LogP contribution in [0.15, 0.2) is 61.2 Å². The molecule has 0 amide bonds. The van der Waals surface area contributed by atoms with Crippen LogP contribution in [-0.4, -0.2) is 29.2 Å². The Morgan fingerprint density at radius 3 is 1.65 bits per heavy atom. The molecule has 0 saturated heterocycles. The number of hydrogen-bond acceptors (Lipinski definition) is 3. The number of unbranched alkanes of at least 4 members (excludes halogenated alkanes) is 12. The van der Waals surface area contributed by atoms with Gasteiger partial charge in [0.1, 0.15) is 11.5 Å². The Labute approximate surface area is 224 Å². The lowest BCUT2D eigenvalue weighted by Crippen LogP contribution is -2.03. The van der Waals surface area contributed by atoms with E-state index in [1.165, 1.54) is 25.7 Å². The highest BCUT2D eigenvalue weighted by Crippen LogP contribution is 2.39. The lowest BCUT2D eigenvalue weighted by Gasteiger charge is -2.17. The summed E-state index contributed by atoms with van der Waals surface area (Å²) in [5, 5.41) is 0. The topological polar surface area (TPSA) is 76.0 Å². The molecule has 0 radical (unpaired) electrons. The Kier molecular flexibility index (Phi) is 16.1. The third-order valence-corrected chi connectivity index (χ3v) is 7.36. The molecule has 37 heavy (non-hydrogen) atoms. The average Bonchev–Trinajstić information content (AvgIpc) is 2.88. The lowest BCUT2D eigenvalue weighted by molar-refractivity contribution is 0.292. The van der Waals surface area contributed by atoms with Crippen molar-refractivity contribution in [3.05, 3.63) is 61.2 Å². The second-order valence-electron chi connectivity index (χ2n) is 9.75. The van der Waals surface area contributed by atoms with Crippen molar-refractivity contribution >= 4 is 7.60 Å². The Morgan fingerprint density at radius 2 is 1.14 bits per heavy atom. The van der Waals surface area contributed by atoms with Gasteiger partial charge in [-0.3, -0.25) is 4.57 Å². The second kappa shape index (κ2) is 19.1. The van der Waals surface area contributed by atoms with Gasteiger partial charge in [-0.1, -0.05) is 100 Å². The number of benzene rings is 2. The summed E-state index contributed by atoms with van der Waals surface area (Å²) in [6.45, 7) is 5.17. The molecular formula is C31H47O5P. The summed E-state index contributed by atoms with van der Waals surface area (Å²) in [5.41, 5.74) is 2.14. The molecule has 0 heterocycles. The van der Waals surface area contributed by atoms with Crippen LogP contribution in [0.3, 0.4) is 0 Å². The smallest absolute Gasteiger partial charge is 0.325 e. The van der Waals surface area contributed by atoms with Gasteiger partial charge in [-0.25, -0.2) is 0 Å². The van der Waals surface area contributed by atoms with Crippen molar-refractivity contribution in [2.75, 3.05) is 19.4 Å². The normalized spacial score (nSPS) is 11.4. The third-order valence-electron chi connectivity index (χ3n) is 6.46. The second-order valence-corrected chi connectivity index (χ2v) is 11.5. The number of rotatable bonds is 22. The van der Waals surface area contributed by atoms with E-state index in [9.17, 15) is 4.57 Å². The van der Waals surface area contributed by atoms with E-state index >= 15 is 0 Å². The zero-order chi connectivity index (χ0) is 26.6. The van der Waals surface area contributed by atoms with Gasteiger partial charge in [0, 0.05) is 6.16 Å². The fourth-order valence-corrected chi connectivity index (χ4v) is 5.04. The van der Waals surface area contributed by atoms with Crippen LogP contribution in [0.5, 0.6) is 11.5 Å². The first kappa shape index (κ1) is 31.1. The molecule has 2 N–H and O–H groups in total. The predicted molar refractivity (Wildman–Crippen MR) is 155 cm³/mol. The summed E-state index contributed by atoms with van der Waals surface area (Å²) >= 11 is 0. The van der Waals surface area contributed by atoms with E-state index in [1.807, 2.05) is 42.5 Å². The molecule has 0 aromatic heterocycles. The Bertz CT molecular complexity index is 909. The van der Waals surface area contributed by atoms with E-state index in [4.69, 9.17) is 19.3 Å². The average molecular weight is 531 g/mol. The maximum atomic E-state index is 10.9. The SMILES string of the molecule is C=CCCCCCCCOc1cccc(OCCCCCCCCCCP(=O)(O)O)c1-c1ccccc1. The van der Waals surface area contributed by atoms with E-state index in [0.717, 1.165) is 80.4 Å². The van der Waals surface area contributed by atoms with Crippen LogP contribution in [-0.2, 0) is 4.57 Å². The molecule has 2 aromatic carbocycles. The summed E-state index contributed by atoms with van der Waals surface area (Å²) in [7, 11) is -3.83. The maximum absolute atomic E-state index is 10.9. The first-order chi connectivity index (χ1) is 18.0. The Balaban J connectivity index is 1.74. The van der Waals surface area contributed by atoms with E-state index in [1.54, 1.807) is 0 Å². The van der Waals surface area contributed by atoms with Crippen LogP contribution in [0.4, 0.5) is 0 Å². The molecule has 2 aromatic rings. The molecule has 5 nitrogen and oxygen atoms in total. The van der Waals surface area contributed by atoms with Gasteiger partial charge in [-0.15, -0.1) is 6.58 Å². The van der Waals surface area contributed by atoms with Crippen LogP contribution in [0.1, 0.15) is 89.9 Å². The van der Waals surface area contributed by atoms with Crippen LogP contribution in [0, 0.1) is 0 Å². The minimum absolute atomic E-state index is 0.0119. The van der Waals surface area contributed by atoms with Crippen LogP contribution < -0.4 is 9.47 Å². The van der Waals surface area contributed by atoms with Gasteiger partial charge in [-0.2, -0.15) is 0 Å². The third kappa shape index (κ3) is 14.4. The van der Waals surface area contributed by atoms with E-state index < -0.39 is 7.60 Å². The van der Waals surface area contributed by atoms with Gasteiger partial charge < -0.3 is 19.3 Å². The minimum atomic E-state index is -3.83. The molecule has 0 saturated carbocycles. The van der Waals surface area contributed by atoms with Crippen LogP contribution >= 0.6 is 7.60 Å². The summed E-state index contributed by atoms with van der Waals surface area (Å²) < 4.78 is 23.4. The largest absolute Gasteiger partial charge is 0.493 e. The van der Waals surface area contributed by atoms with Gasteiger partial charge in [-0.05, 0) is 49.8 Å². The molecule has 206 valence electrons. The summed E-state index contributed by atoms with van der Waals surface area (Å²) in [4.78, 5) is 17.8. The van der Waals surface area contributed by atoms with Gasteiger partial charge in [0.2, 0.25) is 0 Å². The highest BCUT2D eigenvalue weighted by molar-refractivity contribution is 7.51. The monoisotopic (exact) mass is 530 g/mol. The van der Waals surface area contributed by atoms with Crippen molar-refractivity contribution in [2.45, 2.75) is 89.9 Å². The zero-order valence-electron chi connectivity index (χ0n) is 22.5. The molecule has 6 heteroatoms. The molecule has 0 aliphatic rings. The number of ether oxygens (including phenoxy) is 2. The van der Waals surface area contributed by atoms with Crippen LogP contribution in [0.2, 0.25) is 0 Å². The quantitative estimate of drug-likeness (QED) is 0.0903. The van der Waals surface area contributed by atoms with Crippen molar-refractivity contribution in [1.29, 1.82) is 0 Å². The molecule has 0 bridgehead atoms. The molecule has 0 spiro atoms. The maximum Gasteiger partial charge on any atom is 0.325 e. The van der Waals surface area contributed by atoms with Gasteiger partial charge in [0.25, 0.3) is 0 Å². The minimum Gasteiger partial charge on any atom is -0.493 e. The molecule has 0 fully saturated rings.